The molecule has 0 radical (unpaired) electrons. The molecule has 7 nitrogen and oxygen atoms in total. The first-order valence-corrected chi connectivity index (χ1v) is 14.6. The van der Waals surface area contributed by atoms with Crippen molar-refractivity contribution in [3.63, 3.8) is 0 Å². The van der Waals surface area contributed by atoms with E-state index < -0.39 is 12.6 Å². The standard InChI is InChI=1S/C33H41FN4O3/c1-23(2)26-11-7-24(8-12-26)21-31(39)38(22-25-9-13-27(34)14-10-25)28-15-17-36(18-16-28)19-20-37-32(40)29-5-3-4-6-30(29)35-33(37)41/h3-14,23,28,32-33,35,40-41H,15-22H2,1-2H3. The van der Waals surface area contributed by atoms with Gasteiger partial charge >= 0.3 is 0 Å². The second-order valence-electron chi connectivity index (χ2n) is 11.5. The van der Waals surface area contributed by atoms with Gasteiger partial charge in [-0.05, 0) is 53.6 Å². The SMILES string of the molecule is CC(C)c1ccc(CC(=O)N(Cc2ccc(F)cc2)C2CCN(CCN3C(O)Nc4ccccc4C3O)CC2)cc1. The molecule has 0 aliphatic carbocycles. The number of nitrogens with zero attached hydrogens (tertiary/aromatic N) is 3. The lowest BCUT2D eigenvalue weighted by molar-refractivity contribution is -0.134. The predicted molar refractivity (Wildman–Crippen MR) is 158 cm³/mol. The van der Waals surface area contributed by atoms with Gasteiger partial charge in [-0.25, -0.2) is 9.29 Å². The first-order valence-electron chi connectivity index (χ1n) is 14.6. The highest BCUT2D eigenvalue weighted by atomic mass is 19.1. The Morgan fingerprint density at radius 2 is 1.61 bits per heavy atom. The average Bonchev–Trinajstić information content (AvgIpc) is 2.97. The van der Waals surface area contributed by atoms with Gasteiger partial charge in [-0.2, -0.15) is 0 Å². The Morgan fingerprint density at radius 1 is 0.951 bits per heavy atom. The molecule has 2 aliphatic rings. The van der Waals surface area contributed by atoms with Gasteiger partial charge in [0.2, 0.25) is 5.91 Å². The highest BCUT2D eigenvalue weighted by Gasteiger charge is 2.33. The van der Waals surface area contributed by atoms with E-state index in [1.54, 1.807) is 17.0 Å². The van der Waals surface area contributed by atoms with Crippen LogP contribution in [0.5, 0.6) is 0 Å². The van der Waals surface area contributed by atoms with E-state index in [1.165, 1.54) is 17.7 Å². The summed E-state index contributed by atoms with van der Waals surface area (Å²) in [5.41, 5.74) is 4.66. The molecule has 2 aliphatic heterocycles. The van der Waals surface area contributed by atoms with Crippen molar-refractivity contribution in [1.29, 1.82) is 0 Å². The van der Waals surface area contributed by atoms with E-state index in [1.807, 2.05) is 41.3 Å². The second-order valence-corrected chi connectivity index (χ2v) is 11.5. The number of fused-ring (bicyclic) bond motifs is 1. The molecule has 3 N–H and O–H groups in total. The number of para-hydroxylation sites is 1. The largest absolute Gasteiger partial charge is 0.374 e. The van der Waals surface area contributed by atoms with E-state index in [0.717, 1.165) is 48.3 Å². The number of halogens is 1. The van der Waals surface area contributed by atoms with E-state index in [-0.39, 0.29) is 17.8 Å². The fraction of sp³-hybridized carbons (Fsp3) is 0.424. The number of carbonyl (C=O) groups excluding carboxylic acids is 1. The normalized spacial score (nSPS) is 20.0. The van der Waals surface area contributed by atoms with Crippen LogP contribution >= 0.6 is 0 Å². The van der Waals surface area contributed by atoms with Crippen molar-refractivity contribution in [1.82, 2.24) is 14.7 Å². The second kappa shape index (κ2) is 13.1. The van der Waals surface area contributed by atoms with Crippen molar-refractivity contribution < 1.29 is 19.4 Å². The van der Waals surface area contributed by atoms with Gasteiger partial charge < -0.3 is 25.3 Å². The summed E-state index contributed by atoms with van der Waals surface area (Å²) in [5, 5.41) is 24.5. The molecule has 3 aromatic rings. The Bertz CT molecular complexity index is 1290. The van der Waals surface area contributed by atoms with Crippen LogP contribution in [0.1, 0.15) is 61.1 Å². The summed E-state index contributed by atoms with van der Waals surface area (Å²) in [6.45, 7) is 7.58. The summed E-state index contributed by atoms with van der Waals surface area (Å²) in [6.07, 6.45) is 0.143. The zero-order valence-electron chi connectivity index (χ0n) is 23.9. The summed E-state index contributed by atoms with van der Waals surface area (Å²) in [5.74, 6) is 0.232. The Balaban J connectivity index is 1.20. The Morgan fingerprint density at radius 3 is 2.29 bits per heavy atom. The topological polar surface area (TPSA) is 79.3 Å². The zero-order valence-corrected chi connectivity index (χ0v) is 23.9. The maximum absolute atomic E-state index is 13.7. The zero-order chi connectivity index (χ0) is 28.9. The van der Waals surface area contributed by atoms with Crippen molar-refractivity contribution in [2.75, 3.05) is 31.5 Å². The van der Waals surface area contributed by atoms with E-state index in [0.29, 0.717) is 32.0 Å². The summed E-state index contributed by atoms with van der Waals surface area (Å²) >= 11 is 0. The lowest BCUT2D eigenvalue weighted by Crippen LogP contribution is -2.52. The third-order valence-electron chi connectivity index (χ3n) is 8.41. The molecule has 8 heteroatoms. The number of aliphatic hydroxyl groups excluding tert-OH is 2. The van der Waals surface area contributed by atoms with Crippen LogP contribution in [0, 0.1) is 5.82 Å². The van der Waals surface area contributed by atoms with Crippen molar-refractivity contribution in [2.24, 2.45) is 0 Å². The first kappa shape index (κ1) is 29.2. The first-order chi connectivity index (χ1) is 19.8. The van der Waals surface area contributed by atoms with Crippen LogP contribution in [0.15, 0.2) is 72.8 Å². The average molecular weight is 561 g/mol. The number of aliphatic hydroxyl groups is 2. The number of likely N-dealkylation sites (tertiary alicyclic amines) is 1. The molecule has 218 valence electrons. The number of rotatable bonds is 9. The van der Waals surface area contributed by atoms with Crippen LogP contribution in [0.3, 0.4) is 0 Å². The van der Waals surface area contributed by atoms with E-state index in [2.05, 4.69) is 36.2 Å². The van der Waals surface area contributed by atoms with Crippen molar-refractivity contribution in [2.45, 2.75) is 64.2 Å². The number of anilines is 1. The smallest absolute Gasteiger partial charge is 0.227 e. The Labute approximate surface area is 242 Å². The van der Waals surface area contributed by atoms with Crippen LogP contribution < -0.4 is 5.32 Å². The molecule has 2 unspecified atom stereocenters. The molecule has 5 rings (SSSR count). The minimum Gasteiger partial charge on any atom is -0.374 e. The molecule has 0 saturated carbocycles. The van der Waals surface area contributed by atoms with Gasteiger partial charge in [0.05, 0.1) is 6.42 Å². The summed E-state index contributed by atoms with van der Waals surface area (Å²) < 4.78 is 13.6. The molecule has 0 aromatic heterocycles. The number of carbonyl (C=O) groups is 1. The maximum atomic E-state index is 13.7. The quantitative estimate of drug-likeness (QED) is 0.353. The van der Waals surface area contributed by atoms with E-state index in [4.69, 9.17) is 0 Å². The van der Waals surface area contributed by atoms with Gasteiger partial charge in [0.1, 0.15) is 12.0 Å². The fourth-order valence-corrected chi connectivity index (χ4v) is 5.85. The molecule has 0 spiro atoms. The fourth-order valence-electron chi connectivity index (χ4n) is 5.85. The molecule has 1 amide bonds. The van der Waals surface area contributed by atoms with Crippen LogP contribution in [0.4, 0.5) is 10.1 Å². The highest BCUT2D eigenvalue weighted by Crippen LogP contribution is 2.32. The monoisotopic (exact) mass is 560 g/mol. The summed E-state index contributed by atoms with van der Waals surface area (Å²) in [7, 11) is 0. The third-order valence-corrected chi connectivity index (χ3v) is 8.41. The number of hydrogen-bond donors (Lipinski definition) is 3. The lowest BCUT2D eigenvalue weighted by Gasteiger charge is -2.41. The number of benzene rings is 3. The molecule has 3 aromatic carbocycles. The Kier molecular flexibility index (Phi) is 9.35. The van der Waals surface area contributed by atoms with Gasteiger partial charge in [-0.1, -0.05) is 68.4 Å². The summed E-state index contributed by atoms with van der Waals surface area (Å²) in [4.78, 5) is 19.6. The number of nitrogens with one attached hydrogen (secondary N) is 1. The predicted octanol–water partition coefficient (Wildman–Crippen LogP) is 4.68. The minimum absolute atomic E-state index is 0.0781. The number of piperidine rings is 1. The van der Waals surface area contributed by atoms with E-state index >= 15 is 0 Å². The van der Waals surface area contributed by atoms with Gasteiger partial charge in [0.15, 0.2) is 6.35 Å². The summed E-state index contributed by atoms with van der Waals surface area (Å²) in [6, 6.07) is 22.2. The third kappa shape index (κ3) is 7.13. The van der Waals surface area contributed by atoms with Crippen molar-refractivity contribution >= 4 is 11.6 Å². The molecule has 1 saturated heterocycles. The minimum atomic E-state index is -0.962. The number of hydrogen-bond acceptors (Lipinski definition) is 6. The lowest BCUT2D eigenvalue weighted by atomic mass is 9.99. The van der Waals surface area contributed by atoms with Crippen LogP contribution in [0.2, 0.25) is 0 Å². The molecular formula is C33H41FN4O3. The molecule has 2 heterocycles. The number of amides is 1. The van der Waals surface area contributed by atoms with E-state index in [9.17, 15) is 19.4 Å². The molecule has 0 bridgehead atoms. The van der Waals surface area contributed by atoms with Crippen LogP contribution in [-0.2, 0) is 17.8 Å². The molecule has 41 heavy (non-hydrogen) atoms. The van der Waals surface area contributed by atoms with Gasteiger partial charge in [-0.3, -0.25) is 4.79 Å². The Hall–Kier alpha value is -3.30. The van der Waals surface area contributed by atoms with Gasteiger partial charge in [-0.15, -0.1) is 0 Å². The van der Waals surface area contributed by atoms with Gasteiger partial charge in [0.25, 0.3) is 0 Å². The molecule has 1 fully saturated rings. The van der Waals surface area contributed by atoms with Crippen molar-refractivity contribution in [3.05, 3.63) is 101 Å². The van der Waals surface area contributed by atoms with Crippen LogP contribution in [-0.4, -0.2) is 69.4 Å². The van der Waals surface area contributed by atoms with Crippen LogP contribution in [0.25, 0.3) is 0 Å². The van der Waals surface area contributed by atoms with Gasteiger partial charge in [0, 0.05) is 50.0 Å². The molecule has 2 atom stereocenters. The maximum Gasteiger partial charge on any atom is 0.227 e. The molecular weight excluding hydrogens is 519 g/mol. The van der Waals surface area contributed by atoms with Crippen molar-refractivity contribution in [3.8, 4) is 0 Å². The highest BCUT2D eigenvalue weighted by molar-refractivity contribution is 5.79.